The molecule has 0 aliphatic heterocycles. The van der Waals surface area contributed by atoms with Crippen molar-refractivity contribution in [2.24, 2.45) is 5.73 Å². The lowest BCUT2D eigenvalue weighted by atomic mass is 9.96. The number of thioether (sulfide) groups is 1. The van der Waals surface area contributed by atoms with E-state index in [0.29, 0.717) is 0 Å². The molecule has 1 aliphatic rings. The Kier molecular flexibility index (Phi) is 2.94. The maximum atomic E-state index is 5.85. The summed E-state index contributed by atoms with van der Waals surface area (Å²) in [6.45, 7) is 0.757. The fourth-order valence-electron chi connectivity index (χ4n) is 1.97. The highest BCUT2D eigenvalue weighted by atomic mass is 32.2. The van der Waals surface area contributed by atoms with Gasteiger partial charge in [0.2, 0.25) is 0 Å². The topological polar surface area (TPSA) is 35.2 Å². The van der Waals surface area contributed by atoms with Crippen LogP contribution in [0.3, 0.4) is 0 Å². The van der Waals surface area contributed by atoms with Gasteiger partial charge >= 0.3 is 0 Å². The molecule has 2 N–H and O–H groups in total. The molecule has 1 saturated carbocycles. The first-order valence-corrected chi connectivity index (χ1v) is 6.41. The van der Waals surface area contributed by atoms with Gasteiger partial charge in [-0.1, -0.05) is 6.07 Å². The Morgan fingerprint density at radius 3 is 2.67 bits per heavy atom. The molecule has 2 nitrogen and oxygen atoms in total. The van der Waals surface area contributed by atoms with E-state index in [1.54, 1.807) is 18.9 Å². The van der Waals surface area contributed by atoms with Crippen molar-refractivity contribution in [3.05, 3.63) is 23.8 Å². The average Bonchev–Trinajstić information content (AvgIpc) is 3.09. The monoisotopic (exact) mass is 223 g/mol. The zero-order chi connectivity index (χ0) is 10.9. The molecule has 0 saturated heterocycles. The van der Waals surface area contributed by atoms with Crippen molar-refractivity contribution < 1.29 is 4.74 Å². The normalized spacial score (nSPS) is 17.5. The Hall–Kier alpha value is -0.670. The summed E-state index contributed by atoms with van der Waals surface area (Å²) >= 11 is 1.77. The fourth-order valence-corrected chi connectivity index (χ4v) is 2.71. The molecular weight excluding hydrogens is 206 g/mol. The van der Waals surface area contributed by atoms with Crippen LogP contribution in [0.15, 0.2) is 23.1 Å². The first-order chi connectivity index (χ1) is 7.25. The molecule has 0 spiro atoms. The molecule has 0 bridgehead atoms. The summed E-state index contributed by atoms with van der Waals surface area (Å²) in [5, 5.41) is 0. The molecule has 82 valence electrons. The fraction of sp³-hybridized carbons (Fsp3) is 0.500. The van der Waals surface area contributed by atoms with Crippen LogP contribution in [0.4, 0.5) is 0 Å². The van der Waals surface area contributed by atoms with Gasteiger partial charge in [0.1, 0.15) is 5.75 Å². The van der Waals surface area contributed by atoms with Crippen LogP contribution in [0.25, 0.3) is 0 Å². The van der Waals surface area contributed by atoms with Gasteiger partial charge in [0.05, 0.1) is 7.11 Å². The van der Waals surface area contributed by atoms with Crippen molar-refractivity contribution >= 4 is 11.8 Å². The largest absolute Gasteiger partial charge is 0.497 e. The third-order valence-corrected chi connectivity index (χ3v) is 4.00. The van der Waals surface area contributed by atoms with Crippen LogP contribution in [0.5, 0.6) is 5.75 Å². The van der Waals surface area contributed by atoms with Crippen LogP contribution in [0, 0.1) is 0 Å². The van der Waals surface area contributed by atoms with Gasteiger partial charge in [-0.15, -0.1) is 11.8 Å². The summed E-state index contributed by atoms with van der Waals surface area (Å²) in [5.74, 6) is 0.927. The summed E-state index contributed by atoms with van der Waals surface area (Å²) < 4.78 is 5.23. The van der Waals surface area contributed by atoms with Gasteiger partial charge in [0.15, 0.2) is 0 Å². The van der Waals surface area contributed by atoms with Crippen molar-refractivity contribution in [1.29, 1.82) is 0 Å². The second-order valence-corrected chi connectivity index (χ2v) is 4.90. The highest BCUT2D eigenvalue weighted by Crippen LogP contribution is 2.50. The molecule has 0 aromatic heterocycles. The number of rotatable bonds is 4. The molecule has 1 aromatic carbocycles. The van der Waals surface area contributed by atoms with E-state index in [1.807, 2.05) is 6.07 Å². The number of ether oxygens (including phenoxy) is 1. The van der Waals surface area contributed by atoms with Gasteiger partial charge in [0.25, 0.3) is 0 Å². The number of benzene rings is 1. The molecule has 3 heteroatoms. The van der Waals surface area contributed by atoms with E-state index in [9.17, 15) is 0 Å². The second-order valence-electron chi connectivity index (χ2n) is 4.05. The van der Waals surface area contributed by atoms with Crippen LogP contribution >= 0.6 is 11.8 Å². The smallest absolute Gasteiger partial charge is 0.119 e. The predicted octanol–water partition coefficient (Wildman–Crippen LogP) is 2.41. The molecule has 1 aliphatic carbocycles. The SMILES string of the molecule is COc1ccc(C2(CN)CC2)c(SC)c1. The zero-order valence-electron chi connectivity index (χ0n) is 9.25. The Balaban J connectivity index is 2.39. The van der Waals surface area contributed by atoms with Gasteiger partial charge in [-0.05, 0) is 36.8 Å². The molecule has 0 unspecified atom stereocenters. The first kappa shape index (κ1) is 10.8. The molecule has 0 radical (unpaired) electrons. The molecular formula is C12H17NOS. The average molecular weight is 223 g/mol. The minimum absolute atomic E-state index is 0.268. The van der Waals surface area contributed by atoms with Gasteiger partial charge in [-0.25, -0.2) is 0 Å². The molecule has 1 aromatic rings. The molecule has 15 heavy (non-hydrogen) atoms. The van der Waals surface area contributed by atoms with E-state index in [1.165, 1.54) is 23.3 Å². The summed E-state index contributed by atoms with van der Waals surface area (Å²) in [5.41, 5.74) is 7.52. The minimum atomic E-state index is 0.268. The van der Waals surface area contributed by atoms with Gasteiger partial charge < -0.3 is 10.5 Å². The summed E-state index contributed by atoms with van der Waals surface area (Å²) in [7, 11) is 1.70. The van der Waals surface area contributed by atoms with E-state index >= 15 is 0 Å². The van der Waals surface area contributed by atoms with Crippen molar-refractivity contribution in [3.8, 4) is 5.75 Å². The lowest BCUT2D eigenvalue weighted by molar-refractivity contribution is 0.413. The first-order valence-electron chi connectivity index (χ1n) is 5.18. The molecule has 0 atom stereocenters. The molecule has 0 amide bonds. The third-order valence-electron chi connectivity index (χ3n) is 3.22. The van der Waals surface area contributed by atoms with Crippen LogP contribution in [-0.2, 0) is 5.41 Å². The summed E-state index contributed by atoms with van der Waals surface area (Å²) in [6, 6.07) is 6.31. The maximum Gasteiger partial charge on any atom is 0.119 e. The van der Waals surface area contributed by atoms with E-state index in [4.69, 9.17) is 10.5 Å². The predicted molar refractivity (Wildman–Crippen MR) is 64.7 cm³/mol. The second kappa shape index (κ2) is 4.06. The Bertz CT molecular complexity index is 361. The highest BCUT2D eigenvalue weighted by molar-refractivity contribution is 7.98. The number of nitrogens with two attached hydrogens (primary N) is 1. The van der Waals surface area contributed by atoms with E-state index in [-0.39, 0.29) is 5.41 Å². The summed E-state index contributed by atoms with van der Waals surface area (Å²) in [6.07, 6.45) is 4.55. The van der Waals surface area contributed by atoms with Crippen molar-refractivity contribution in [1.82, 2.24) is 0 Å². The Morgan fingerprint density at radius 2 is 2.20 bits per heavy atom. The molecule has 1 fully saturated rings. The number of hydrogen-bond donors (Lipinski definition) is 1. The van der Waals surface area contributed by atoms with Crippen molar-refractivity contribution in [2.45, 2.75) is 23.2 Å². The lowest BCUT2D eigenvalue weighted by Crippen LogP contribution is -2.20. The van der Waals surface area contributed by atoms with Gasteiger partial charge in [-0.3, -0.25) is 0 Å². The Labute approximate surface area is 95.2 Å². The van der Waals surface area contributed by atoms with Crippen LogP contribution in [0.2, 0.25) is 0 Å². The van der Waals surface area contributed by atoms with Crippen molar-refractivity contribution in [2.75, 3.05) is 19.9 Å². The van der Waals surface area contributed by atoms with Crippen LogP contribution < -0.4 is 10.5 Å². The van der Waals surface area contributed by atoms with E-state index in [0.717, 1.165) is 12.3 Å². The number of hydrogen-bond acceptors (Lipinski definition) is 3. The quantitative estimate of drug-likeness (QED) is 0.796. The highest BCUT2D eigenvalue weighted by Gasteiger charge is 2.44. The van der Waals surface area contributed by atoms with E-state index < -0.39 is 0 Å². The molecule has 0 heterocycles. The van der Waals surface area contributed by atoms with Gasteiger partial charge in [-0.2, -0.15) is 0 Å². The Morgan fingerprint density at radius 1 is 1.47 bits per heavy atom. The standard InChI is InChI=1S/C12H17NOS/c1-14-9-3-4-10(11(7-9)15-2)12(8-13)5-6-12/h3-4,7H,5-6,8,13H2,1-2H3. The van der Waals surface area contributed by atoms with Crippen LogP contribution in [0.1, 0.15) is 18.4 Å². The minimum Gasteiger partial charge on any atom is -0.497 e. The maximum absolute atomic E-state index is 5.85. The van der Waals surface area contributed by atoms with Gasteiger partial charge in [0, 0.05) is 16.9 Å². The zero-order valence-corrected chi connectivity index (χ0v) is 10.1. The van der Waals surface area contributed by atoms with Crippen LogP contribution in [-0.4, -0.2) is 19.9 Å². The number of methoxy groups -OCH3 is 1. The third kappa shape index (κ3) is 1.86. The molecule has 2 rings (SSSR count). The summed E-state index contributed by atoms with van der Waals surface area (Å²) in [4.78, 5) is 1.30. The lowest BCUT2D eigenvalue weighted by Gasteiger charge is -2.17. The van der Waals surface area contributed by atoms with Crippen molar-refractivity contribution in [3.63, 3.8) is 0 Å². The van der Waals surface area contributed by atoms with E-state index in [2.05, 4.69) is 18.4 Å².